The van der Waals surface area contributed by atoms with Crippen molar-refractivity contribution in [3.8, 4) is 16.9 Å². The lowest BCUT2D eigenvalue weighted by Gasteiger charge is -2.10. The third-order valence-electron chi connectivity index (χ3n) is 2.97. The Balaban J connectivity index is 2.41. The number of aromatic nitrogens is 3. The summed E-state index contributed by atoms with van der Waals surface area (Å²) in [7, 11) is 0. The highest BCUT2D eigenvalue weighted by atomic mass is 16.3. The summed E-state index contributed by atoms with van der Waals surface area (Å²) in [5.74, 6) is 0.162. The maximum atomic E-state index is 10.0. The molecule has 0 aliphatic rings. The average Bonchev–Trinajstić information content (AvgIpc) is 2.85. The molecule has 5 heteroatoms. The van der Waals surface area contributed by atoms with E-state index in [0.717, 1.165) is 16.6 Å². The molecule has 0 fully saturated rings. The molecule has 3 aromatic rings. The third-order valence-corrected chi connectivity index (χ3v) is 2.97. The van der Waals surface area contributed by atoms with Crippen LogP contribution >= 0.6 is 0 Å². The molecule has 3 rings (SSSR count). The molecule has 5 nitrogen and oxygen atoms in total. The van der Waals surface area contributed by atoms with E-state index in [4.69, 9.17) is 5.73 Å². The predicted octanol–water partition coefficient (Wildman–Crippen LogP) is 1.79. The SMILES string of the molecule is NCc1c(O)cc2[nH]nnc2c1-c1ccccc1. The van der Waals surface area contributed by atoms with Gasteiger partial charge in [0, 0.05) is 23.7 Å². The molecule has 0 atom stereocenters. The van der Waals surface area contributed by atoms with Gasteiger partial charge in [-0.05, 0) is 5.56 Å². The second kappa shape index (κ2) is 4.12. The first-order chi connectivity index (χ1) is 8.81. The lowest BCUT2D eigenvalue weighted by atomic mass is 9.97. The van der Waals surface area contributed by atoms with Crippen LogP contribution in [0.15, 0.2) is 36.4 Å². The van der Waals surface area contributed by atoms with Crippen LogP contribution in [0.5, 0.6) is 5.75 Å². The number of phenolic OH excluding ortho intramolecular Hbond substituents is 1. The van der Waals surface area contributed by atoms with Crippen molar-refractivity contribution in [2.75, 3.05) is 0 Å². The van der Waals surface area contributed by atoms with E-state index < -0.39 is 0 Å². The van der Waals surface area contributed by atoms with E-state index in [1.165, 1.54) is 0 Å². The van der Waals surface area contributed by atoms with Crippen LogP contribution in [0.2, 0.25) is 0 Å². The average molecular weight is 240 g/mol. The number of nitrogens with two attached hydrogens (primary N) is 1. The van der Waals surface area contributed by atoms with E-state index >= 15 is 0 Å². The summed E-state index contributed by atoms with van der Waals surface area (Å²) in [6.45, 7) is 0.249. The standard InChI is InChI=1S/C13H12N4O/c14-7-9-11(18)6-10-13(16-17-15-10)12(9)8-4-2-1-3-5-8/h1-6,18H,7,14H2,(H,15,16,17). The van der Waals surface area contributed by atoms with Gasteiger partial charge in [0.05, 0.1) is 5.52 Å². The zero-order valence-corrected chi connectivity index (χ0v) is 9.59. The van der Waals surface area contributed by atoms with Crippen LogP contribution in [-0.4, -0.2) is 20.5 Å². The van der Waals surface area contributed by atoms with E-state index in [1.807, 2.05) is 30.3 Å². The fraction of sp³-hybridized carbons (Fsp3) is 0.0769. The largest absolute Gasteiger partial charge is 0.508 e. The number of hydrogen-bond acceptors (Lipinski definition) is 4. The molecule has 18 heavy (non-hydrogen) atoms. The van der Waals surface area contributed by atoms with E-state index in [0.29, 0.717) is 11.1 Å². The minimum Gasteiger partial charge on any atom is -0.508 e. The molecule has 0 aliphatic carbocycles. The van der Waals surface area contributed by atoms with Gasteiger partial charge in [0.15, 0.2) is 0 Å². The molecule has 4 N–H and O–H groups in total. The van der Waals surface area contributed by atoms with Crippen molar-refractivity contribution in [1.29, 1.82) is 0 Å². The van der Waals surface area contributed by atoms with Gasteiger partial charge in [0.1, 0.15) is 11.3 Å². The van der Waals surface area contributed by atoms with Crippen LogP contribution in [-0.2, 0) is 6.54 Å². The smallest absolute Gasteiger partial charge is 0.122 e. The van der Waals surface area contributed by atoms with Crippen LogP contribution in [0, 0.1) is 0 Å². The summed E-state index contributed by atoms with van der Waals surface area (Å²) in [5, 5.41) is 20.6. The van der Waals surface area contributed by atoms with Gasteiger partial charge in [0.2, 0.25) is 0 Å². The van der Waals surface area contributed by atoms with Crippen molar-refractivity contribution in [3.05, 3.63) is 42.0 Å². The number of rotatable bonds is 2. The first kappa shape index (κ1) is 10.7. The molecule has 90 valence electrons. The molecule has 0 amide bonds. The molecule has 0 saturated carbocycles. The number of phenols is 1. The lowest BCUT2D eigenvalue weighted by molar-refractivity contribution is 0.469. The van der Waals surface area contributed by atoms with E-state index in [1.54, 1.807) is 6.07 Å². The van der Waals surface area contributed by atoms with Gasteiger partial charge in [-0.3, -0.25) is 5.10 Å². The van der Waals surface area contributed by atoms with Crippen LogP contribution in [0.25, 0.3) is 22.2 Å². The van der Waals surface area contributed by atoms with Gasteiger partial charge >= 0.3 is 0 Å². The Labute approximate surface area is 103 Å². The maximum absolute atomic E-state index is 10.0. The fourth-order valence-corrected chi connectivity index (χ4v) is 2.14. The normalized spacial score (nSPS) is 10.9. The Morgan fingerprint density at radius 3 is 2.72 bits per heavy atom. The minimum absolute atomic E-state index is 0.162. The summed E-state index contributed by atoms with van der Waals surface area (Å²) >= 11 is 0. The van der Waals surface area contributed by atoms with Gasteiger partial charge in [0.25, 0.3) is 0 Å². The highest BCUT2D eigenvalue weighted by Crippen LogP contribution is 2.35. The van der Waals surface area contributed by atoms with Gasteiger partial charge in [-0.15, -0.1) is 5.10 Å². The molecule has 0 aliphatic heterocycles. The van der Waals surface area contributed by atoms with Gasteiger partial charge in [-0.2, -0.15) is 0 Å². The number of nitrogens with zero attached hydrogens (tertiary/aromatic N) is 2. The van der Waals surface area contributed by atoms with Crippen LogP contribution in [0.1, 0.15) is 5.56 Å². The summed E-state index contributed by atoms with van der Waals surface area (Å²) < 4.78 is 0. The van der Waals surface area contributed by atoms with Gasteiger partial charge in [-0.25, -0.2) is 0 Å². The predicted molar refractivity (Wildman–Crippen MR) is 68.9 cm³/mol. The quantitative estimate of drug-likeness (QED) is 0.637. The maximum Gasteiger partial charge on any atom is 0.122 e. The van der Waals surface area contributed by atoms with Crippen molar-refractivity contribution in [2.24, 2.45) is 5.73 Å². The van der Waals surface area contributed by atoms with E-state index in [2.05, 4.69) is 15.4 Å². The topological polar surface area (TPSA) is 87.8 Å². The summed E-state index contributed by atoms with van der Waals surface area (Å²) in [6.07, 6.45) is 0. The molecule has 1 aromatic heterocycles. The number of hydrogen-bond donors (Lipinski definition) is 3. The first-order valence-electron chi connectivity index (χ1n) is 5.62. The summed E-state index contributed by atoms with van der Waals surface area (Å²) in [5.41, 5.74) is 9.63. The Morgan fingerprint density at radius 2 is 2.00 bits per heavy atom. The van der Waals surface area contributed by atoms with Crippen LogP contribution < -0.4 is 5.73 Å². The number of nitrogens with one attached hydrogen (secondary N) is 1. The Morgan fingerprint density at radius 1 is 1.22 bits per heavy atom. The van der Waals surface area contributed by atoms with Crippen molar-refractivity contribution in [1.82, 2.24) is 15.4 Å². The number of aromatic amines is 1. The molecular formula is C13H12N4O. The molecule has 0 saturated heterocycles. The molecule has 0 radical (unpaired) electrons. The second-order valence-corrected chi connectivity index (χ2v) is 4.03. The van der Waals surface area contributed by atoms with Gasteiger partial charge < -0.3 is 10.8 Å². The zero-order valence-electron chi connectivity index (χ0n) is 9.59. The minimum atomic E-state index is 0.162. The molecular weight excluding hydrogens is 228 g/mol. The number of benzene rings is 2. The third kappa shape index (κ3) is 1.53. The van der Waals surface area contributed by atoms with Crippen LogP contribution in [0.3, 0.4) is 0 Å². The Hall–Kier alpha value is -2.40. The Bertz CT molecular complexity index is 691. The fourth-order valence-electron chi connectivity index (χ4n) is 2.14. The van der Waals surface area contributed by atoms with Crippen LogP contribution in [0.4, 0.5) is 0 Å². The molecule has 0 unspecified atom stereocenters. The van der Waals surface area contributed by atoms with Crippen molar-refractivity contribution in [3.63, 3.8) is 0 Å². The lowest BCUT2D eigenvalue weighted by Crippen LogP contribution is -2.00. The number of H-pyrrole nitrogens is 1. The monoisotopic (exact) mass is 240 g/mol. The van der Waals surface area contributed by atoms with Gasteiger partial charge in [-0.1, -0.05) is 35.5 Å². The molecule has 1 heterocycles. The highest BCUT2D eigenvalue weighted by molar-refractivity contribution is 5.95. The summed E-state index contributed by atoms with van der Waals surface area (Å²) in [6, 6.07) is 11.3. The highest BCUT2D eigenvalue weighted by Gasteiger charge is 2.15. The van der Waals surface area contributed by atoms with E-state index in [9.17, 15) is 5.11 Å². The van der Waals surface area contributed by atoms with Crippen molar-refractivity contribution in [2.45, 2.75) is 6.54 Å². The van der Waals surface area contributed by atoms with Crippen molar-refractivity contribution >= 4 is 11.0 Å². The number of aromatic hydroxyl groups is 1. The number of fused-ring (bicyclic) bond motifs is 1. The molecule has 0 spiro atoms. The first-order valence-corrected chi connectivity index (χ1v) is 5.62. The molecule has 0 bridgehead atoms. The van der Waals surface area contributed by atoms with Crippen molar-refractivity contribution < 1.29 is 5.11 Å². The Kier molecular flexibility index (Phi) is 2.46. The second-order valence-electron chi connectivity index (χ2n) is 4.03. The molecule has 2 aromatic carbocycles. The van der Waals surface area contributed by atoms with E-state index in [-0.39, 0.29) is 12.3 Å². The summed E-state index contributed by atoms with van der Waals surface area (Å²) in [4.78, 5) is 0. The zero-order chi connectivity index (χ0) is 12.5.